The molecule has 24 heavy (non-hydrogen) atoms. The van der Waals surface area contributed by atoms with Gasteiger partial charge in [-0.2, -0.15) is 0 Å². The quantitative estimate of drug-likeness (QED) is 0.515. The van der Waals surface area contributed by atoms with Gasteiger partial charge in [-0.3, -0.25) is 0 Å². The molecule has 0 atom stereocenters. The number of carbonyl (C=O) groups is 1. The number of benzene rings is 2. The highest BCUT2D eigenvalue weighted by molar-refractivity contribution is 6.32. The molecule has 6 heteroatoms. The van der Waals surface area contributed by atoms with E-state index in [4.69, 9.17) is 20.8 Å². The van der Waals surface area contributed by atoms with E-state index < -0.39 is 5.97 Å². The summed E-state index contributed by atoms with van der Waals surface area (Å²) in [5.74, 6) is 0.0935. The average molecular weight is 341 g/mol. The van der Waals surface area contributed by atoms with Gasteiger partial charge in [0.15, 0.2) is 6.61 Å². The molecule has 0 radical (unpaired) electrons. The molecule has 2 aromatic carbocycles. The van der Waals surface area contributed by atoms with Gasteiger partial charge >= 0.3 is 5.97 Å². The smallest absolute Gasteiger partial charge is 0.331 e. The molecule has 5 nitrogen and oxygen atoms in total. The summed E-state index contributed by atoms with van der Waals surface area (Å²) in [6.07, 6.45) is 2.89. The van der Waals surface area contributed by atoms with Crippen molar-refractivity contribution in [3.8, 4) is 11.5 Å². The first-order valence-electron chi connectivity index (χ1n) is 7.19. The second kappa shape index (κ2) is 7.57. The molecule has 0 saturated heterocycles. The van der Waals surface area contributed by atoms with Crippen molar-refractivity contribution in [3.63, 3.8) is 0 Å². The molecule has 0 unspecified atom stereocenters. The zero-order valence-electron chi connectivity index (χ0n) is 12.6. The van der Waals surface area contributed by atoms with E-state index in [1.165, 1.54) is 6.08 Å². The molecule has 0 fully saturated rings. The van der Waals surface area contributed by atoms with E-state index in [-0.39, 0.29) is 12.5 Å². The number of rotatable bonds is 5. The lowest BCUT2D eigenvalue weighted by Gasteiger charge is -1.98. The molecule has 0 spiro atoms. The number of halogens is 1. The zero-order chi connectivity index (χ0) is 16.8. The van der Waals surface area contributed by atoms with Crippen molar-refractivity contribution in [1.82, 2.24) is 10.2 Å². The van der Waals surface area contributed by atoms with Crippen LogP contribution in [0.5, 0.6) is 0 Å². The maximum Gasteiger partial charge on any atom is 0.331 e. The van der Waals surface area contributed by atoms with Crippen LogP contribution in [0, 0.1) is 0 Å². The standard InChI is InChI=1S/C18H13ClN2O3/c19-15-9-5-4-6-13(15)10-11-17(22)23-12-16-20-21-18(24-16)14-7-2-1-3-8-14/h1-11H,12H2/b11-10+. The van der Waals surface area contributed by atoms with Crippen LogP contribution in [0.1, 0.15) is 11.5 Å². The van der Waals surface area contributed by atoms with Gasteiger partial charge in [0, 0.05) is 16.7 Å². The lowest BCUT2D eigenvalue weighted by Crippen LogP contribution is -2.00. The van der Waals surface area contributed by atoms with E-state index in [9.17, 15) is 4.79 Å². The average Bonchev–Trinajstić information content (AvgIpc) is 3.09. The maximum atomic E-state index is 11.7. The molecule has 0 aliphatic heterocycles. The summed E-state index contributed by atoms with van der Waals surface area (Å²) in [5.41, 5.74) is 1.54. The Hall–Kier alpha value is -2.92. The summed E-state index contributed by atoms with van der Waals surface area (Å²) < 4.78 is 10.5. The Bertz CT molecular complexity index is 859. The Morgan fingerprint density at radius 3 is 2.62 bits per heavy atom. The van der Waals surface area contributed by atoms with Gasteiger partial charge < -0.3 is 9.15 Å². The topological polar surface area (TPSA) is 65.2 Å². The highest BCUT2D eigenvalue weighted by Gasteiger charge is 2.09. The second-order valence-electron chi connectivity index (χ2n) is 4.83. The molecule has 0 amide bonds. The Morgan fingerprint density at radius 2 is 1.83 bits per heavy atom. The van der Waals surface area contributed by atoms with Gasteiger partial charge in [-0.15, -0.1) is 10.2 Å². The number of nitrogens with zero attached hydrogens (tertiary/aromatic N) is 2. The highest BCUT2D eigenvalue weighted by Crippen LogP contribution is 2.18. The first-order valence-corrected chi connectivity index (χ1v) is 7.57. The van der Waals surface area contributed by atoms with Crippen molar-refractivity contribution < 1.29 is 13.9 Å². The van der Waals surface area contributed by atoms with Gasteiger partial charge in [-0.05, 0) is 29.8 Å². The van der Waals surface area contributed by atoms with Crippen molar-refractivity contribution >= 4 is 23.6 Å². The van der Waals surface area contributed by atoms with E-state index in [2.05, 4.69) is 10.2 Å². The summed E-state index contributed by atoms with van der Waals surface area (Å²) in [7, 11) is 0. The van der Waals surface area contributed by atoms with Crippen LogP contribution in [0.3, 0.4) is 0 Å². The minimum absolute atomic E-state index is 0.0917. The van der Waals surface area contributed by atoms with E-state index in [1.54, 1.807) is 18.2 Å². The molecule has 3 aromatic rings. The molecular weight excluding hydrogens is 328 g/mol. The van der Waals surface area contributed by atoms with Crippen molar-refractivity contribution in [2.75, 3.05) is 0 Å². The Labute approximate surface area is 143 Å². The van der Waals surface area contributed by atoms with E-state index in [0.717, 1.165) is 11.1 Å². The van der Waals surface area contributed by atoms with Crippen LogP contribution in [0.15, 0.2) is 65.1 Å². The highest BCUT2D eigenvalue weighted by atomic mass is 35.5. The molecule has 0 saturated carbocycles. The third-order valence-electron chi connectivity index (χ3n) is 3.13. The maximum absolute atomic E-state index is 11.7. The van der Waals surface area contributed by atoms with Gasteiger partial charge in [0.2, 0.25) is 5.89 Å². The normalized spacial score (nSPS) is 10.9. The third-order valence-corrected chi connectivity index (χ3v) is 3.47. The largest absolute Gasteiger partial charge is 0.452 e. The van der Waals surface area contributed by atoms with Crippen LogP contribution < -0.4 is 0 Å². The van der Waals surface area contributed by atoms with Crippen molar-refractivity contribution in [3.05, 3.63) is 77.2 Å². The Balaban J connectivity index is 1.57. The van der Waals surface area contributed by atoms with E-state index >= 15 is 0 Å². The molecule has 0 N–H and O–H groups in total. The van der Waals surface area contributed by atoms with Gasteiger partial charge in [-0.1, -0.05) is 48.0 Å². The second-order valence-corrected chi connectivity index (χ2v) is 5.24. The predicted molar refractivity (Wildman–Crippen MR) is 90.0 cm³/mol. The van der Waals surface area contributed by atoms with Crippen molar-refractivity contribution in [2.24, 2.45) is 0 Å². The molecule has 0 bridgehead atoms. The van der Waals surface area contributed by atoms with Crippen LogP contribution in [-0.4, -0.2) is 16.2 Å². The summed E-state index contributed by atoms with van der Waals surface area (Å²) in [4.78, 5) is 11.7. The van der Waals surface area contributed by atoms with Crippen LogP contribution in [0.4, 0.5) is 0 Å². The summed E-state index contributed by atoms with van der Waals surface area (Å²) in [6.45, 7) is -0.0917. The fourth-order valence-electron chi connectivity index (χ4n) is 1.96. The van der Waals surface area contributed by atoms with Crippen LogP contribution >= 0.6 is 11.6 Å². The van der Waals surface area contributed by atoms with Gasteiger partial charge in [0.05, 0.1) is 0 Å². The predicted octanol–water partition coefficient (Wildman–Crippen LogP) is 4.15. The van der Waals surface area contributed by atoms with E-state index in [1.807, 2.05) is 42.5 Å². The molecule has 0 aliphatic carbocycles. The molecular formula is C18H13ClN2O3. The van der Waals surface area contributed by atoms with Gasteiger partial charge in [0.1, 0.15) is 0 Å². The summed E-state index contributed by atoms with van der Waals surface area (Å²) in [6, 6.07) is 16.6. The summed E-state index contributed by atoms with van der Waals surface area (Å²) in [5, 5.41) is 8.35. The van der Waals surface area contributed by atoms with Crippen LogP contribution in [-0.2, 0) is 16.1 Å². The van der Waals surface area contributed by atoms with Gasteiger partial charge in [0.25, 0.3) is 5.89 Å². The first-order chi connectivity index (χ1) is 11.7. The van der Waals surface area contributed by atoms with Crippen molar-refractivity contribution in [2.45, 2.75) is 6.61 Å². The van der Waals surface area contributed by atoms with E-state index in [0.29, 0.717) is 10.9 Å². The number of carbonyl (C=O) groups excluding carboxylic acids is 1. The summed E-state index contributed by atoms with van der Waals surface area (Å²) >= 11 is 6.01. The molecule has 0 aliphatic rings. The lowest BCUT2D eigenvalue weighted by molar-refractivity contribution is -0.139. The fraction of sp³-hybridized carbons (Fsp3) is 0.0556. The molecule has 120 valence electrons. The number of ether oxygens (including phenoxy) is 1. The minimum Gasteiger partial charge on any atom is -0.452 e. The van der Waals surface area contributed by atoms with Crippen LogP contribution in [0.25, 0.3) is 17.5 Å². The monoisotopic (exact) mass is 340 g/mol. The zero-order valence-corrected chi connectivity index (χ0v) is 13.3. The van der Waals surface area contributed by atoms with Crippen molar-refractivity contribution in [1.29, 1.82) is 0 Å². The minimum atomic E-state index is -0.519. The lowest BCUT2D eigenvalue weighted by atomic mass is 10.2. The molecule has 3 rings (SSSR count). The number of hydrogen-bond donors (Lipinski definition) is 0. The first kappa shape index (κ1) is 16.0. The Kier molecular flexibility index (Phi) is 5.03. The number of esters is 1. The van der Waals surface area contributed by atoms with Crippen LogP contribution in [0.2, 0.25) is 5.02 Å². The number of hydrogen-bond acceptors (Lipinski definition) is 5. The molecule has 1 aromatic heterocycles. The van der Waals surface area contributed by atoms with Gasteiger partial charge in [-0.25, -0.2) is 4.79 Å². The third kappa shape index (κ3) is 4.08. The SMILES string of the molecule is O=C(/C=C/c1ccccc1Cl)OCc1nnc(-c2ccccc2)o1. The fourth-order valence-corrected chi connectivity index (χ4v) is 2.16. The molecule has 1 heterocycles. The Morgan fingerprint density at radius 1 is 1.08 bits per heavy atom. The number of aromatic nitrogens is 2.